The monoisotopic (exact) mass is 254 g/mol. The summed E-state index contributed by atoms with van der Waals surface area (Å²) in [6.45, 7) is 6.82. The standard InChI is InChI=1S/C14H26N2O2/c1-3-4-7-13-14(17)16(11(2)15-13)9-12-6-5-8-18-10-12/h11-13,15H,3-10H2,1-2H3. The van der Waals surface area contributed by atoms with E-state index in [0.717, 1.165) is 45.4 Å². The Bertz CT molecular complexity index is 277. The van der Waals surface area contributed by atoms with Gasteiger partial charge >= 0.3 is 0 Å². The molecule has 0 aliphatic carbocycles. The third-order valence-corrected chi connectivity index (χ3v) is 4.05. The zero-order valence-electron chi connectivity index (χ0n) is 11.7. The normalized spacial score (nSPS) is 33.1. The summed E-state index contributed by atoms with van der Waals surface area (Å²) < 4.78 is 5.50. The highest BCUT2D eigenvalue weighted by Crippen LogP contribution is 2.20. The van der Waals surface area contributed by atoms with Gasteiger partial charge in [-0.3, -0.25) is 10.1 Å². The maximum absolute atomic E-state index is 12.3. The van der Waals surface area contributed by atoms with Crippen molar-refractivity contribution in [3.8, 4) is 0 Å². The number of hydrogen-bond acceptors (Lipinski definition) is 3. The maximum Gasteiger partial charge on any atom is 0.241 e. The second-order valence-electron chi connectivity index (χ2n) is 5.61. The molecule has 2 rings (SSSR count). The third-order valence-electron chi connectivity index (χ3n) is 4.05. The van der Waals surface area contributed by atoms with Crippen molar-refractivity contribution in [3.05, 3.63) is 0 Å². The minimum atomic E-state index is 0.0458. The quantitative estimate of drug-likeness (QED) is 0.812. The van der Waals surface area contributed by atoms with Gasteiger partial charge in [-0.2, -0.15) is 0 Å². The Balaban J connectivity index is 1.85. The SMILES string of the molecule is CCCCC1NC(C)N(CC2CCCOC2)C1=O. The highest BCUT2D eigenvalue weighted by atomic mass is 16.5. The molecule has 0 spiro atoms. The molecule has 18 heavy (non-hydrogen) atoms. The molecule has 4 nitrogen and oxygen atoms in total. The van der Waals surface area contributed by atoms with Crippen LogP contribution in [0.2, 0.25) is 0 Å². The summed E-state index contributed by atoms with van der Waals surface area (Å²) >= 11 is 0. The van der Waals surface area contributed by atoms with Gasteiger partial charge in [0.15, 0.2) is 0 Å². The van der Waals surface area contributed by atoms with Crippen molar-refractivity contribution in [3.63, 3.8) is 0 Å². The molecule has 2 aliphatic heterocycles. The van der Waals surface area contributed by atoms with Crippen molar-refractivity contribution in [1.29, 1.82) is 0 Å². The van der Waals surface area contributed by atoms with Gasteiger partial charge in [0.05, 0.1) is 18.8 Å². The predicted molar refractivity (Wildman–Crippen MR) is 71.2 cm³/mol. The van der Waals surface area contributed by atoms with E-state index in [1.54, 1.807) is 0 Å². The zero-order valence-corrected chi connectivity index (χ0v) is 11.7. The first kappa shape index (κ1) is 13.8. The van der Waals surface area contributed by atoms with E-state index in [1.165, 1.54) is 6.42 Å². The molecule has 0 bridgehead atoms. The van der Waals surface area contributed by atoms with E-state index in [2.05, 4.69) is 19.2 Å². The van der Waals surface area contributed by atoms with Gasteiger partial charge in [0.1, 0.15) is 0 Å². The van der Waals surface area contributed by atoms with E-state index >= 15 is 0 Å². The summed E-state index contributed by atoms with van der Waals surface area (Å²) in [5.41, 5.74) is 0. The van der Waals surface area contributed by atoms with Crippen LogP contribution in [0.4, 0.5) is 0 Å². The fourth-order valence-electron chi connectivity index (χ4n) is 2.94. The first-order valence-corrected chi connectivity index (χ1v) is 7.36. The van der Waals surface area contributed by atoms with E-state index in [-0.39, 0.29) is 12.2 Å². The number of rotatable bonds is 5. The molecule has 104 valence electrons. The third kappa shape index (κ3) is 3.23. The van der Waals surface area contributed by atoms with Crippen LogP contribution < -0.4 is 5.32 Å². The highest BCUT2D eigenvalue weighted by Gasteiger charge is 2.36. The van der Waals surface area contributed by atoms with Crippen LogP contribution in [0.1, 0.15) is 46.0 Å². The fourth-order valence-corrected chi connectivity index (χ4v) is 2.94. The lowest BCUT2D eigenvalue weighted by Crippen LogP contribution is -2.40. The van der Waals surface area contributed by atoms with Crippen molar-refractivity contribution in [2.75, 3.05) is 19.8 Å². The van der Waals surface area contributed by atoms with Gasteiger partial charge in [-0.25, -0.2) is 0 Å². The minimum Gasteiger partial charge on any atom is -0.381 e. The molecule has 2 saturated heterocycles. The first-order chi connectivity index (χ1) is 8.72. The molecule has 1 N–H and O–H groups in total. The van der Waals surface area contributed by atoms with E-state index in [9.17, 15) is 4.79 Å². The second-order valence-corrected chi connectivity index (χ2v) is 5.61. The molecule has 0 saturated carbocycles. The molecule has 0 radical (unpaired) electrons. The molecule has 4 heteroatoms. The highest BCUT2D eigenvalue weighted by molar-refractivity contribution is 5.84. The van der Waals surface area contributed by atoms with Crippen LogP contribution in [0.25, 0.3) is 0 Å². The van der Waals surface area contributed by atoms with Crippen LogP contribution in [0.5, 0.6) is 0 Å². The summed E-state index contributed by atoms with van der Waals surface area (Å²) in [7, 11) is 0. The minimum absolute atomic E-state index is 0.0458. The Labute approximate surface area is 110 Å². The fraction of sp³-hybridized carbons (Fsp3) is 0.929. The molecule has 2 heterocycles. The summed E-state index contributed by atoms with van der Waals surface area (Å²) in [5.74, 6) is 0.818. The van der Waals surface area contributed by atoms with Gasteiger partial charge in [0, 0.05) is 19.1 Å². The molecule has 0 aromatic carbocycles. The Hall–Kier alpha value is -0.610. The number of unbranched alkanes of at least 4 members (excludes halogenated alkanes) is 1. The Morgan fingerprint density at radius 1 is 1.50 bits per heavy atom. The van der Waals surface area contributed by atoms with Crippen LogP contribution in [-0.2, 0) is 9.53 Å². The number of ether oxygens (including phenoxy) is 1. The number of nitrogens with one attached hydrogen (secondary N) is 1. The first-order valence-electron chi connectivity index (χ1n) is 7.36. The van der Waals surface area contributed by atoms with Crippen molar-refractivity contribution < 1.29 is 9.53 Å². The van der Waals surface area contributed by atoms with Gasteiger partial charge in [-0.1, -0.05) is 19.8 Å². The lowest BCUT2D eigenvalue weighted by atomic mass is 10.0. The van der Waals surface area contributed by atoms with Crippen LogP contribution in [-0.4, -0.2) is 42.8 Å². The van der Waals surface area contributed by atoms with E-state index in [4.69, 9.17) is 4.74 Å². The predicted octanol–water partition coefficient (Wildman–Crippen LogP) is 1.75. The van der Waals surface area contributed by atoms with Gasteiger partial charge in [-0.15, -0.1) is 0 Å². The number of hydrogen-bond donors (Lipinski definition) is 1. The molecular weight excluding hydrogens is 228 g/mol. The number of amides is 1. The summed E-state index contributed by atoms with van der Waals surface area (Å²) in [5, 5.41) is 3.41. The van der Waals surface area contributed by atoms with Crippen molar-refractivity contribution in [1.82, 2.24) is 10.2 Å². The molecule has 2 aliphatic rings. The second kappa shape index (κ2) is 6.53. The lowest BCUT2D eigenvalue weighted by molar-refractivity contribution is -0.131. The largest absolute Gasteiger partial charge is 0.381 e. The van der Waals surface area contributed by atoms with Crippen molar-refractivity contribution >= 4 is 5.91 Å². The molecule has 3 atom stereocenters. The lowest BCUT2D eigenvalue weighted by Gasteiger charge is -2.29. The average molecular weight is 254 g/mol. The molecule has 1 amide bonds. The number of carbonyl (C=O) groups excluding carboxylic acids is 1. The van der Waals surface area contributed by atoms with Gasteiger partial charge < -0.3 is 9.64 Å². The zero-order chi connectivity index (χ0) is 13.0. The van der Waals surface area contributed by atoms with Crippen molar-refractivity contribution in [2.24, 2.45) is 5.92 Å². The summed E-state index contributed by atoms with van der Waals surface area (Å²) in [6.07, 6.45) is 5.75. The molecule has 0 aromatic heterocycles. The number of carbonyl (C=O) groups is 1. The van der Waals surface area contributed by atoms with Crippen LogP contribution in [0.15, 0.2) is 0 Å². The average Bonchev–Trinajstić information content (AvgIpc) is 2.65. The Morgan fingerprint density at radius 3 is 3.00 bits per heavy atom. The molecular formula is C14H26N2O2. The molecule has 3 unspecified atom stereocenters. The van der Waals surface area contributed by atoms with Crippen LogP contribution in [0.3, 0.4) is 0 Å². The topological polar surface area (TPSA) is 41.6 Å². The van der Waals surface area contributed by atoms with Gasteiger partial charge in [0.2, 0.25) is 5.91 Å². The van der Waals surface area contributed by atoms with E-state index < -0.39 is 0 Å². The Kier molecular flexibility index (Phi) is 5.01. The van der Waals surface area contributed by atoms with E-state index in [1.807, 2.05) is 4.90 Å². The van der Waals surface area contributed by atoms with Gasteiger partial charge in [0.25, 0.3) is 0 Å². The maximum atomic E-state index is 12.3. The Morgan fingerprint density at radius 2 is 2.33 bits per heavy atom. The molecule has 0 aromatic rings. The molecule has 2 fully saturated rings. The summed E-state index contributed by atoms with van der Waals surface area (Å²) in [4.78, 5) is 14.3. The van der Waals surface area contributed by atoms with Crippen molar-refractivity contribution in [2.45, 2.75) is 58.2 Å². The number of nitrogens with zero attached hydrogens (tertiary/aromatic N) is 1. The van der Waals surface area contributed by atoms with Crippen LogP contribution in [0, 0.1) is 5.92 Å². The van der Waals surface area contributed by atoms with Gasteiger partial charge in [-0.05, 0) is 26.2 Å². The van der Waals surface area contributed by atoms with Crippen LogP contribution >= 0.6 is 0 Å². The summed E-state index contributed by atoms with van der Waals surface area (Å²) in [6, 6.07) is 0.0458. The van der Waals surface area contributed by atoms with E-state index in [0.29, 0.717) is 11.8 Å². The smallest absolute Gasteiger partial charge is 0.241 e.